The molecule has 0 saturated carbocycles. The van der Waals surface area contributed by atoms with E-state index in [1.807, 2.05) is 69.3 Å². The van der Waals surface area contributed by atoms with Crippen LogP contribution in [-0.4, -0.2) is 6.10 Å². The molecule has 2 aromatic rings. The summed E-state index contributed by atoms with van der Waals surface area (Å²) in [5.41, 5.74) is 7.88. The molecule has 0 aromatic heterocycles. The third-order valence-corrected chi connectivity index (χ3v) is 3.46. The van der Waals surface area contributed by atoms with Crippen LogP contribution in [0.3, 0.4) is 0 Å². The first-order valence-electron chi connectivity index (χ1n) is 6.71. The molecule has 0 aliphatic rings. The third-order valence-electron chi connectivity index (χ3n) is 3.23. The molecule has 106 valence electrons. The summed E-state index contributed by atoms with van der Waals surface area (Å²) >= 11 is 6.06. The fraction of sp³-hybridized carbons (Fsp3) is 0.294. The normalized spacial score (nSPS) is 14.1. The Labute approximate surface area is 125 Å². The Balaban J connectivity index is 2.38. The molecule has 2 nitrogen and oxygen atoms in total. The second-order valence-corrected chi connectivity index (χ2v) is 5.84. The topological polar surface area (TPSA) is 35.2 Å². The highest BCUT2D eigenvalue weighted by Crippen LogP contribution is 2.30. The smallest absolute Gasteiger partial charge is 0.120 e. The summed E-state index contributed by atoms with van der Waals surface area (Å²) in [6, 6.07) is 15.5. The van der Waals surface area contributed by atoms with Crippen LogP contribution in [0.4, 0.5) is 0 Å². The van der Waals surface area contributed by atoms with Crippen LogP contribution in [0, 0.1) is 0 Å². The van der Waals surface area contributed by atoms with Gasteiger partial charge in [-0.1, -0.05) is 35.9 Å². The number of rotatable bonds is 4. The van der Waals surface area contributed by atoms with Crippen LogP contribution in [0.1, 0.15) is 31.9 Å². The third kappa shape index (κ3) is 3.33. The molecule has 2 rings (SSSR count). The average Bonchev–Trinajstić information content (AvgIpc) is 2.38. The molecule has 0 bridgehead atoms. The molecular weight excluding hydrogens is 270 g/mol. The Morgan fingerprint density at radius 2 is 1.65 bits per heavy atom. The zero-order chi connectivity index (χ0) is 14.8. The summed E-state index contributed by atoms with van der Waals surface area (Å²) in [6.45, 7) is 5.99. The van der Waals surface area contributed by atoms with E-state index < -0.39 is 5.54 Å². The van der Waals surface area contributed by atoms with Crippen molar-refractivity contribution in [1.82, 2.24) is 0 Å². The van der Waals surface area contributed by atoms with Crippen LogP contribution in [0.25, 0.3) is 0 Å². The van der Waals surface area contributed by atoms with Gasteiger partial charge in [0.15, 0.2) is 0 Å². The van der Waals surface area contributed by atoms with Gasteiger partial charge in [-0.05, 0) is 56.2 Å². The van der Waals surface area contributed by atoms with Crippen molar-refractivity contribution in [1.29, 1.82) is 0 Å². The highest BCUT2D eigenvalue weighted by Gasteiger charge is 2.24. The number of ether oxygens (including phenoxy) is 1. The fourth-order valence-electron chi connectivity index (χ4n) is 2.14. The number of hydrogen-bond donors (Lipinski definition) is 1. The predicted molar refractivity (Wildman–Crippen MR) is 84.3 cm³/mol. The molecule has 3 heteroatoms. The summed E-state index contributed by atoms with van der Waals surface area (Å²) in [5, 5.41) is 0.689. The average molecular weight is 290 g/mol. The van der Waals surface area contributed by atoms with E-state index in [1.54, 1.807) is 0 Å². The zero-order valence-electron chi connectivity index (χ0n) is 12.1. The first kappa shape index (κ1) is 14.9. The van der Waals surface area contributed by atoms with E-state index in [2.05, 4.69) is 0 Å². The summed E-state index contributed by atoms with van der Waals surface area (Å²) in [5.74, 6) is 0.830. The van der Waals surface area contributed by atoms with Gasteiger partial charge in [-0.15, -0.1) is 0 Å². The molecule has 0 radical (unpaired) electrons. The second kappa shape index (κ2) is 5.86. The summed E-state index contributed by atoms with van der Waals surface area (Å²) < 4.78 is 5.73. The van der Waals surface area contributed by atoms with Crippen molar-refractivity contribution >= 4 is 11.6 Å². The molecule has 0 saturated heterocycles. The number of benzene rings is 2. The number of halogens is 1. The van der Waals surface area contributed by atoms with Gasteiger partial charge >= 0.3 is 0 Å². The summed E-state index contributed by atoms with van der Waals surface area (Å²) in [4.78, 5) is 0. The van der Waals surface area contributed by atoms with Gasteiger partial charge in [-0.2, -0.15) is 0 Å². The largest absolute Gasteiger partial charge is 0.491 e. The van der Waals surface area contributed by atoms with Crippen molar-refractivity contribution < 1.29 is 4.74 Å². The SMILES string of the molecule is CC(C)Oc1cccc(C(C)(N)c2cccc(Cl)c2)c1. The van der Waals surface area contributed by atoms with Crippen molar-refractivity contribution in [2.45, 2.75) is 32.4 Å². The van der Waals surface area contributed by atoms with Crippen molar-refractivity contribution in [3.8, 4) is 5.75 Å². The van der Waals surface area contributed by atoms with Crippen LogP contribution < -0.4 is 10.5 Å². The van der Waals surface area contributed by atoms with Crippen molar-refractivity contribution in [2.75, 3.05) is 0 Å². The van der Waals surface area contributed by atoms with Gasteiger partial charge in [0.05, 0.1) is 11.6 Å². The fourth-order valence-corrected chi connectivity index (χ4v) is 2.33. The molecular formula is C17H20ClNO. The van der Waals surface area contributed by atoms with Gasteiger partial charge in [0, 0.05) is 5.02 Å². The van der Waals surface area contributed by atoms with Crippen molar-refractivity contribution in [2.24, 2.45) is 5.73 Å². The van der Waals surface area contributed by atoms with Crippen LogP contribution in [0.15, 0.2) is 48.5 Å². The van der Waals surface area contributed by atoms with Crippen LogP contribution in [0.5, 0.6) is 5.75 Å². The number of hydrogen-bond acceptors (Lipinski definition) is 2. The lowest BCUT2D eigenvalue weighted by molar-refractivity contribution is 0.242. The Morgan fingerprint density at radius 1 is 1.05 bits per heavy atom. The van der Waals surface area contributed by atoms with Gasteiger partial charge < -0.3 is 10.5 Å². The molecule has 0 fully saturated rings. The zero-order valence-corrected chi connectivity index (χ0v) is 12.8. The Morgan fingerprint density at radius 3 is 2.25 bits per heavy atom. The molecule has 2 N–H and O–H groups in total. The lowest BCUT2D eigenvalue weighted by Crippen LogP contribution is -2.34. The van der Waals surface area contributed by atoms with Gasteiger partial charge in [0.1, 0.15) is 5.75 Å². The maximum Gasteiger partial charge on any atom is 0.120 e. The first-order valence-corrected chi connectivity index (χ1v) is 7.09. The Kier molecular flexibility index (Phi) is 4.36. The highest BCUT2D eigenvalue weighted by molar-refractivity contribution is 6.30. The Hall–Kier alpha value is -1.51. The van der Waals surface area contributed by atoms with Crippen LogP contribution in [-0.2, 0) is 5.54 Å². The maximum absolute atomic E-state index is 6.51. The number of nitrogens with two attached hydrogens (primary N) is 1. The van der Waals surface area contributed by atoms with Crippen molar-refractivity contribution in [3.63, 3.8) is 0 Å². The molecule has 20 heavy (non-hydrogen) atoms. The van der Waals surface area contributed by atoms with Gasteiger partial charge in [0.2, 0.25) is 0 Å². The second-order valence-electron chi connectivity index (χ2n) is 5.41. The van der Waals surface area contributed by atoms with Gasteiger partial charge in [0.25, 0.3) is 0 Å². The minimum Gasteiger partial charge on any atom is -0.491 e. The van der Waals surface area contributed by atoms with Gasteiger partial charge in [-0.25, -0.2) is 0 Å². The standard InChI is InChI=1S/C17H20ClNO/c1-12(2)20-16-9-5-7-14(11-16)17(3,19)13-6-4-8-15(18)10-13/h4-12H,19H2,1-3H3. The van der Waals surface area contributed by atoms with Crippen LogP contribution in [0.2, 0.25) is 5.02 Å². The first-order chi connectivity index (χ1) is 9.39. The Bertz CT molecular complexity index is 593. The van der Waals surface area contributed by atoms with E-state index in [1.165, 1.54) is 0 Å². The summed E-state index contributed by atoms with van der Waals surface area (Å²) in [7, 11) is 0. The summed E-state index contributed by atoms with van der Waals surface area (Å²) in [6.07, 6.45) is 0.139. The van der Waals surface area contributed by atoms with E-state index in [0.717, 1.165) is 16.9 Å². The molecule has 1 atom stereocenters. The van der Waals surface area contributed by atoms with E-state index in [9.17, 15) is 0 Å². The molecule has 1 unspecified atom stereocenters. The highest BCUT2D eigenvalue weighted by atomic mass is 35.5. The minimum absolute atomic E-state index is 0.139. The molecule has 0 aliphatic heterocycles. The van der Waals surface area contributed by atoms with Gasteiger partial charge in [-0.3, -0.25) is 0 Å². The maximum atomic E-state index is 6.51. The molecule has 0 amide bonds. The quantitative estimate of drug-likeness (QED) is 0.908. The van der Waals surface area contributed by atoms with Crippen LogP contribution >= 0.6 is 11.6 Å². The van der Waals surface area contributed by atoms with E-state index in [4.69, 9.17) is 22.1 Å². The van der Waals surface area contributed by atoms with E-state index in [-0.39, 0.29) is 6.10 Å². The predicted octanol–water partition coefficient (Wildman–Crippen LogP) is 4.35. The lowest BCUT2D eigenvalue weighted by Gasteiger charge is -2.27. The van der Waals surface area contributed by atoms with Crippen molar-refractivity contribution in [3.05, 3.63) is 64.7 Å². The monoisotopic (exact) mass is 289 g/mol. The van der Waals surface area contributed by atoms with E-state index >= 15 is 0 Å². The minimum atomic E-state index is -0.610. The molecule has 0 heterocycles. The van der Waals surface area contributed by atoms with E-state index in [0.29, 0.717) is 5.02 Å². The molecule has 0 aliphatic carbocycles. The lowest BCUT2D eigenvalue weighted by atomic mass is 9.85. The molecule has 0 spiro atoms. The molecule has 2 aromatic carbocycles.